The number of aromatic nitrogens is 1. The van der Waals surface area contributed by atoms with Crippen molar-refractivity contribution in [3.05, 3.63) is 106 Å². The van der Waals surface area contributed by atoms with Gasteiger partial charge in [-0.05, 0) is 156 Å². The van der Waals surface area contributed by atoms with Gasteiger partial charge in [0.15, 0.2) is 11.5 Å². The topological polar surface area (TPSA) is 107 Å². The van der Waals surface area contributed by atoms with E-state index < -0.39 is 13.9 Å². The average molecular weight is 966 g/mol. The Morgan fingerprint density at radius 3 is 2.32 bits per heavy atom. The van der Waals surface area contributed by atoms with Crippen molar-refractivity contribution in [1.29, 1.82) is 0 Å². The molecule has 1 saturated heterocycles. The molecule has 1 aromatic heterocycles. The van der Waals surface area contributed by atoms with Crippen LogP contribution in [0.15, 0.2) is 72.9 Å². The van der Waals surface area contributed by atoms with E-state index in [4.69, 9.17) is 49.4 Å². The first-order valence-electron chi connectivity index (χ1n) is 25.3. The molecule has 0 bridgehead atoms. The number of rotatable bonds is 15. The van der Waals surface area contributed by atoms with Crippen molar-refractivity contribution in [1.82, 2.24) is 4.98 Å². The van der Waals surface area contributed by atoms with Gasteiger partial charge in [-0.15, -0.1) is 0 Å². The minimum atomic E-state index is -2.05. The first-order chi connectivity index (χ1) is 32.7. The summed E-state index contributed by atoms with van der Waals surface area (Å²) >= 11 is 6.44. The van der Waals surface area contributed by atoms with Crippen LogP contribution in [0.4, 0.5) is 5.69 Å². The van der Waals surface area contributed by atoms with E-state index in [-0.39, 0.29) is 29.3 Å². The van der Waals surface area contributed by atoms with Gasteiger partial charge >= 0.3 is 5.97 Å². The van der Waals surface area contributed by atoms with Gasteiger partial charge in [0.2, 0.25) is 8.32 Å². The molecule has 4 aromatic rings. The van der Waals surface area contributed by atoms with Gasteiger partial charge in [-0.3, -0.25) is 4.98 Å². The maximum Gasteiger partial charge on any atom is 0.331 e. The highest BCUT2D eigenvalue weighted by Crippen LogP contribution is 2.63. The van der Waals surface area contributed by atoms with Gasteiger partial charge in [-0.1, -0.05) is 78.3 Å². The van der Waals surface area contributed by atoms with E-state index in [1.165, 1.54) is 23.8 Å². The summed E-state index contributed by atoms with van der Waals surface area (Å²) < 4.78 is 44.4. The lowest BCUT2D eigenvalue weighted by atomic mass is 9.59. The first-order valence-corrected chi connectivity index (χ1v) is 27.8. The van der Waals surface area contributed by atoms with E-state index in [0.29, 0.717) is 85.3 Å². The maximum absolute atomic E-state index is 13.8. The van der Waals surface area contributed by atoms with Crippen molar-refractivity contribution in [3.8, 4) is 23.0 Å². The zero-order valence-corrected chi connectivity index (χ0v) is 43.5. The molecule has 7 atom stereocenters. The molecule has 1 saturated carbocycles. The molecule has 0 amide bonds. The third kappa shape index (κ3) is 9.03. The molecule has 9 rings (SSSR count). The van der Waals surface area contributed by atoms with E-state index >= 15 is 0 Å². The second-order valence-electron chi connectivity index (χ2n) is 21.6. The van der Waals surface area contributed by atoms with Crippen molar-refractivity contribution in [3.63, 3.8) is 0 Å². The number of fused-ring (bicyclic) bond motifs is 6. The zero-order valence-electron chi connectivity index (χ0n) is 41.7. The smallest absolute Gasteiger partial charge is 0.331 e. The predicted molar refractivity (Wildman–Crippen MR) is 270 cm³/mol. The molecule has 10 nitrogen and oxygen atoms in total. The fraction of sp³-hybridized carbons (Fsp3) is 0.571. The first kappa shape index (κ1) is 48.7. The Labute approximate surface area is 410 Å². The van der Waals surface area contributed by atoms with E-state index in [0.717, 1.165) is 72.0 Å². The van der Waals surface area contributed by atoms with Crippen LogP contribution in [0.5, 0.6) is 23.0 Å². The lowest BCUT2D eigenvalue weighted by molar-refractivity contribution is -0.148. The Morgan fingerprint density at radius 2 is 1.65 bits per heavy atom. The van der Waals surface area contributed by atoms with Gasteiger partial charge < -0.3 is 38.2 Å². The Hall–Kier alpha value is -4.29. The quantitative estimate of drug-likeness (QED) is 0.0914. The molecule has 1 spiro atoms. The van der Waals surface area contributed by atoms with Crippen LogP contribution >= 0.6 is 11.6 Å². The van der Waals surface area contributed by atoms with E-state index in [2.05, 4.69) is 72.0 Å². The second kappa shape index (κ2) is 19.8. The molecule has 366 valence electrons. The summed E-state index contributed by atoms with van der Waals surface area (Å²) in [6.07, 6.45) is 7.77. The molecule has 3 aliphatic carbocycles. The normalized spacial score (nSPS) is 28.4. The molecule has 2 aliphatic heterocycles. The number of pyridine rings is 1. The number of hydrogen-bond donors (Lipinski definition) is 1. The number of nitrogens with one attached hydrogen (secondary N) is 1. The van der Waals surface area contributed by atoms with Gasteiger partial charge in [0.25, 0.3) is 0 Å². The van der Waals surface area contributed by atoms with Gasteiger partial charge in [0, 0.05) is 22.5 Å². The maximum atomic E-state index is 13.8. The number of benzene rings is 3. The monoisotopic (exact) mass is 964 g/mol. The number of anilines is 1. The Morgan fingerprint density at radius 1 is 0.926 bits per heavy atom. The Balaban J connectivity index is 0.939. The standard InChI is InChI=1S/C56H73ClN2O8Si/c1-34(2)68(35(3)4)38(7)46-24-37(6)51-48(17-22-58-52(51)53(46)67-68)64-29-36(5)23-42-25-41-26-49-50(66-33-40(32-65-49)31-63-30-39-13-15-45(61-8)16-14-39)28-47(41)55(42)18-20-56(21-19-55,54(60)62-9)59-44-12-10-11-43(57)27-44/h10-17,22,26-28,34-38,40,42,46,53,59H,18-21,23-25,29-33H2,1-9H3/t36-,37-,38?,40?,42+,46?,53+,55?,56?/m1/s1. The molecule has 5 aliphatic rings. The number of ether oxygens (including phenoxy) is 6. The average Bonchev–Trinajstić information content (AvgIpc) is 3.69. The van der Waals surface area contributed by atoms with Crippen LogP contribution in [0, 0.1) is 23.7 Å². The second-order valence-corrected chi connectivity index (χ2v) is 27.2. The summed E-state index contributed by atoms with van der Waals surface area (Å²) in [6, 6.07) is 22.1. The summed E-state index contributed by atoms with van der Waals surface area (Å²) in [7, 11) is 1.11. The van der Waals surface area contributed by atoms with Crippen molar-refractivity contribution >= 4 is 31.6 Å². The molecule has 3 unspecified atom stereocenters. The highest BCUT2D eigenvalue weighted by Gasteiger charge is 2.61. The number of methoxy groups -OCH3 is 2. The minimum Gasteiger partial charge on any atom is -0.497 e. The van der Waals surface area contributed by atoms with Gasteiger partial charge in [-0.2, -0.15) is 0 Å². The molecule has 68 heavy (non-hydrogen) atoms. The third-order valence-corrected chi connectivity index (χ3v) is 23.3. The van der Waals surface area contributed by atoms with E-state index in [9.17, 15) is 4.79 Å². The summed E-state index contributed by atoms with van der Waals surface area (Å²) in [5, 5.41) is 4.23. The van der Waals surface area contributed by atoms with Gasteiger partial charge in [-0.25, -0.2) is 4.79 Å². The Kier molecular flexibility index (Phi) is 14.2. The summed E-state index contributed by atoms with van der Waals surface area (Å²) in [4.78, 5) is 18.9. The van der Waals surface area contributed by atoms with Gasteiger partial charge in [0.1, 0.15) is 17.0 Å². The van der Waals surface area contributed by atoms with Crippen LogP contribution in [-0.4, -0.2) is 65.5 Å². The number of nitrogens with zero attached hydrogens (tertiary/aromatic N) is 1. The van der Waals surface area contributed by atoms with Crippen LogP contribution in [0.3, 0.4) is 0 Å². The number of carbonyl (C=O) groups excluding carboxylic acids is 1. The predicted octanol–water partition coefficient (Wildman–Crippen LogP) is 12.8. The van der Waals surface area contributed by atoms with E-state index in [1.54, 1.807) is 7.11 Å². The fourth-order valence-corrected chi connectivity index (χ4v) is 19.6. The molecule has 0 radical (unpaired) electrons. The summed E-state index contributed by atoms with van der Waals surface area (Å²) in [5.41, 5.74) is 7.42. The number of carbonyl (C=O) groups is 1. The number of esters is 1. The minimum absolute atomic E-state index is 0.0367. The molecular formula is C56H73ClN2O8Si. The molecule has 1 N–H and O–H groups in total. The van der Waals surface area contributed by atoms with Crippen LogP contribution in [-0.2, 0) is 37.1 Å². The van der Waals surface area contributed by atoms with Crippen LogP contribution in [0.2, 0.25) is 21.6 Å². The summed E-state index contributed by atoms with van der Waals surface area (Å²) in [5.74, 6) is 4.57. The lowest BCUT2D eigenvalue weighted by Gasteiger charge is -2.47. The van der Waals surface area contributed by atoms with Crippen LogP contribution in [0.25, 0.3) is 0 Å². The zero-order chi connectivity index (χ0) is 48.0. The lowest BCUT2D eigenvalue weighted by Crippen LogP contribution is -2.53. The molecular weight excluding hydrogens is 892 g/mol. The SMILES string of the molecule is COC(=O)C1(Nc2cccc(Cl)c2)CCC2(CC1)c1cc3c(cc1C[C@@H]2C[C@@H](C)COc1ccnc2c1[C@H](C)CC1C(C)[Si](C(C)C)(C(C)C)O[C@H]21)OCC(COCc1ccc(OC)cc1)CO3. The van der Waals surface area contributed by atoms with E-state index in [1.807, 2.05) is 54.7 Å². The van der Waals surface area contributed by atoms with Crippen molar-refractivity contribution in [2.24, 2.45) is 23.7 Å². The molecule has 12 heteroatoms. The van der Waals surface area contributed by atoms with Crippen LogP contribution < -0.4 is 24.3 Å². The van der Waals surface area contributed by atoms with Gasteiger partial charge in [0.05, 0.1) is 65.0 Å². The molecule has 2 fully saturated rings. The third-order valence-electron chi connectivity index (χ3n) is 16.9. The fourth-order valence-electron chi connectivity index (χ4n) is 13.5. The van der Waals surface area contributed by atoms with Crippen molar-refractivity contribution in [2.75, 3.05) is 46.0 Å². The largest absolute Gasteiger partial charge is 0.497 e. The summed E-state index contributed by atoms with van der Waals surface area (Å²) in [6.45, 7) is 19.3. The molecule has 3 heterocycles. The van der Waals surface area contributed by atoms with Crippen LogP contribution in [0.1, 0.15) is 127 Å². The van der Waals surface area contributed by atoms with Crippen molar-refractivity contribution in [2.45, 2.75) is 140 Å². The highest BCUT2D eigenvalue weighted by atomic mass is 35.5. The molecule has 3 aromatic carbocycles. The number of halogens is 1. The number of hydrogen-bond acceptors (Lipinski definition) is 10. The highest BCUT2D eigenvalue weighted by molar-refractivity contribution is 6.78. The van der Waals surface area contributed by atoms with Crippen molar-refractivity contribution < 1.29 is 37.6 Å². The Bertz CT molecular complexity index is 2410.